The lowest BCUT2D eigenvalue weighted by Gasteiger charge is -2.16. The third-order valence-electron chi connectivity index (χ3n) is 4.77. The molecule has 0 aliphatic carbocycles. The number of benzene rings is 2. The fourth-order valence-corrected chi connectivity index (χ4v) is 4.08. The highest BCUT2D eigenvalue weighted by atomic mass is 32.1. The summed E-state index contributed by atoms with van der Waals surface area (Å²) in [6.45, 7) is 8.92. The van der Waals surface area contributed by atoms with Crippen LogP contribution in [0.1, 0.15) is 36.7 Å². The standard InChI is InChI=1S/C23H25N5O4S/c1-5-30-17-12-15(13-18(31-6-2)19(17)32-7-3)21(29)24-22-27-28-20(25-26-23(28)33-22)16-11-9-8-10-14(16)4/h8-13H,5-7H2,1-4H3,(H,24,27,29). The fourth-order valence-electron chi connectivity index (χ4n) is 3.35. The zero-order valence-corrected chi connectivity index (χ0v) is 19.7. The summed E-state index contributed by atoms with van der Waals surface area (Å²) in [6, 6.07) is 11.2. The Morgan fingerprint density at radius 3 is 2.30 bits per heavy atom. The number of aromatic nitrogens is 4. The predicted molar refractivity (Wildman–Crippen MR) is 127 cm³/mol. The SMILES string of the molecule is CCOc1cc(C(=O)Nc2nn3c(-c4ccccc4C)nnc3s2)cc(OCC)c1OCC. The molecule has 0 aliphatic rings. The number of aryl methyl sites for hydroxylation is 1. The molecule has 0 bridgehead atoms. The number of carbonyl (C=O) groups excluding carboxylic acids is 1. The molecule has 1 amide bonds. The number of rotatable bonds is 9. The number of hydrogen-bond donors (Lipinski definition) is 1. The first kappa shape index (κ1) is 22.5. The Balaban J connectivity index is 1.65. The molecule has 4 rings (SSSR count). The second-order valence-electron chi connectivity index (χ2n) is 6.99. The van der Waals surface area contributed by atoms with Crippen LogP contribution < -0.4 is 19.5 Å². The van der Waals surface area contributed by atoms with Gasteiger partial charge in [-0.05, 0) is 45.4 Å². The van der Waals surface area contributed by atoms with Gasteiger partial charge in [-0.2, -0.15) is 4.52 Å². The van der Waals surface area contributed by atoms with Crippen LogP contribution >= 0.6 is 11.3 Å². The molecule has 0 atom stereocenters. The molecular weight excluding hydrogens is 442 g/mol. The minimum absolute atomic E-state index is 0.345. The van der Waals surface area contributed by atoms with E-state index in [0.717, 1.165) is 11.1 Å². The predicted octanol–water partition coefficient (Wildman–Crippen LogP) is 4.61. The van der Waals surface area contributed by atoms with Gasteiger partial charge in [0.05, 0.1) is 19.8 Å². The summed E-state index contributed by atoms with van der Waals surface area (Å²) >= 11 is 1.24. The van der Waals surface area contributed by atoms with Gasteiger partial charge in [0.25, 0.3) is 5.91 Å². The van der Waals surface area contributed by atoms with Gasteiger partial charge in [-0.3, -0.25) is 10.1 Å². The monoisotopic (exact) mass is 467 g/mol. The van der Waals surface area contributed by atoms with Crippen molar-refractivity contribution < 1.29 is 19.0 Å². The molecule has 172 valence electrons. The molecule has 0 radical (unpaired) electrons. The van der Waals surface area contributed by atoms with E-state index in [1.54, 1.807) is 16.6 Å². The van der Waals surface area contributed by atoms with E-state index in [1.165, 1.54) is 11.3 Å². The molecule has 2 aromatic carbocycles. The molecule has 2 heterocycles. The van der Waals surface area contributed by atoms with Gasteiger partial charge in [-0.15, -0.1) is 15.3 Å². The van der Waals surface area contributed by atoms with Crippen molar-refractivity contribution in [1.82, 2.24) is 19.8 Å². The van der Waals surface area contributed by atoms with Crippen molar-refractivity contribution in [3.8, 4) is 28.6 Å². The molecule has 1 N–H and O–H groups in total. The van der Waals surface area contributed by atoms with E-state index in [-0.39, 0.29) is 5.91 Å². The van der Waals surface area contributed by atoms with Gasteiger partial charge in [0.2, 0.25) is 15.8 Å². The summed E-state index contributed by atoms with van der Waals surface area (Å²) in [7, 11) is 0. The summed E-state index contributed by atoms with van der Waals surface area (Å²) in [5.74, 6) is 1.67. The summed E-state index contributed by atoms with van der Waals surface area (Å²) in [6.07, 6.45) is 0. The van der Waals surface area contributed by atoms with E-state index in [2.05, 4.69) is 20.6 Å². The zero-order valence-electron chi connectivity index (χ0n) is 18.9. The number of fused-ring (bicyclic) bond motifs is 1. The maximum absolute atomic E-state index is 13.1. The van der Waals surface area contributed by atoms with E-state index >= 15 is 0 Å². The highest BCUT2D eigenvalue weighted by Gasteiger charge is 2.20. The average molecular weight is 468 g/mol. The third-order valence-corrected chi connectivity index (χ3v) is 5.58. The summed E-state index contributed by atoms with van der Waals surface area (Å²) in [5.41, 5.74) is 2.37. The number of hydrogen-bond acceptors (Lipinski definition) is 8. The van der Waals surface area contributed by atoms with Gasteiger partial charge < -0.3 is 14.2 Å². The number of anilines is 1. The Labute approximate surface area is 195 Å². The van der Waals surface area contributed by atoms with E-state index < -0.39 is 0 Å². The van der Waals surface area contributed by atoms with Gasteiger partial charge in [-0.25, -0.2) is 0 Å². The number of ether oxygens (including phenoxy) is 3. The minimum Gasteiger partial charge on any atom is -0.490 e. The van der Waals surface area contributed by atoms with Crippen LogP contribution in [-0.4, -0.2) is 45.5 Å². The second kappa shape index (κ2) is 9.86. The van der Waals surface area contributed by atoms with Gasteiger partial charge in [0, 0.05) is 11.1 Å². The number of amides is 1. The zero-order chi connectivity index (χ0) is 23.4. The van der Waals surface area contributed by atoms with Crippen molar-refractivity contribution in [2.75, 3.05) is 25.1 Å². The maximum atomic E-state index is 13.1. The Morgan fingerprint density at radius 1 is 1.00 bits per heavy atom. The molecule has 10 heteroatoms. The number of nitrogens with one attached hydrogen (secondary N) is 1. The smallest absolute Gasteiger partial charge is 0.257 e. The normalized spacial score (nSPS) is 10.9. The van der Waals surface area contributed by atoms with Crippen molar-refractivity contribution in [1.29, 1.82) is 0 Å². The number of carbonyl (C=O) groups is 1. The summed E-state index contributed by atoms with van der Waals surface area (Å²) in [5, 5.41) is 16.2. The Hall–Kier alpha value is -3.66. The van der Waals surface area contributed by atoms with Crippen LogP contribution in [0.2, 0.25) is 0 Å². The largest absolute Gasteiger partial charge is 0.490 e. The van der Waals surface area contributed by atoms with Crippen LogP contribution in [0, 0.1) is 6.92 Å². The van der Waals surface area contributed by atoms with Crippen molar-refractivity contribution in [3.05, 3.63) is 47.5 Å². The van der Waals surface area contributed by atoms with Crippen molar-refractivity contribution in [2.45, 2.75) is 27.7 Å². The van der Waals surface area contributed by atoms with Crippen molar-refractivity contribution in [3.63, 3.8) is 0 Å². The Morgan fingerprint density at radius 2 is 1.67 bits per heavy atom. The lowest BCUT2D eigenvalue weighted by atomic mass is 10.1. The topological polar surface area (TPSA) is 99.9 Å². The molecule has 0 fully saturated rings. The van der Waals surface area contributed by atoms with Crippen LogP contribution in [-0.2, 0) is 0 Å². The van der Waals surface area contributed by atoms with E-state index in [1.807, 2.05) is 52.0 Å². The molecular formula is C23H25N5O4S. The van der Waals surface area contributed by atoms with Crippen LogP contribution in [0.5, 0.6) is 17.2 Å². The van der Waals surface area contributed by atoms with Gasteiger partial charge in [0.15, 0.2) is 17.3 Å². The summed E-state index contributed by atoms with van der Waals surface area (Å²) < 4.78 is 18.8. The molecule has 33 heavy (non-hydrogen) atoms. The molecule has 0 unspecified atom stereocenters. The van der Waals surface area contributed by atoms with Gasteiger partial charge >= 0.3 is 0 Å². The Kier molecular flexibility index (Phi) is 6.74. The first-order valence-corrected chi connectivity index (χ1v) is 11.5. The number of nitrogens with zero attached hydrogens (tertiary/aromatic N) is 4. The van der Waals surface area contributed by atoms with Crippen LogP contribution in [0.15, 0.2) is 36.4 Å². The van der Waals surface area contributed by atoms with Crippen molar-refractivity contribution >= 4 is 27.3 Å². The second-order valence-corrected chi connectivity index (χ2v) is 7.95. The summed E-state index contributed by atoms with van der Waals surface area (Å²) in [4.78, 5) is 13.6. The molecule has 9 nitrogen and oxygen atoms in total. The molecule has 0 saturated heterocycles. The van der Waals surface area contributed by atoms with Crippen LogP contribution in [0.25, 0.3) is 16.3 Å². The molecule has 2 aromatic heterocycles. The van der Waals surface area contributed by atoms with Gasteiger partial charge in [0.1, 0.15) is 0 Å². The first-order chi connectivity index (χ1) is 16.0. The first-order valence-electron chi connectivity index (χ1n) is 10.7. The molecule has 0 saturated carbocycles. The Bertz CT molecular complexity index is 1260. The lowest BCUT2D eigenvalue weighted by molar-refractivity contribution is 0.102. The highest BCUT2D eigenvalue weighted by Crippen LogP contribution is 2.39. The van der Waals surface area contributed by atoms with E-state index in [9.17, 15) is 4.79 Å². The van der Waals surface area contributed by atoms with Crippen LogP contribution in [0.4, 0.5) is 5.13 Å². The maximum Gasteiger partial charge on any atom is 0.257 e. The lowest BCUT2D eigenvalue weighted by Crippen LogP contribution is -2.13. The average Bonchev–Trinajstić information content (AvgIpc) is 3.37. The third kappa shape index (κ3) is 4.61. The quantitative estimate of drug-likeness (QED) is 0.384. The molecule has 0 spiro atoms. The van der Waals surface area contributed by atoms with Gasteiger partial charge in [-0.1, -0.05) is 35.6 Å². The van der Waals surface area contributed by atoms with E-state index in [0.29, 0.717) is 58.5 Å². The molecule has 0 aliphatic heterocycles. The highest BCUT2D eigenvalue weighted by molar-refractivity contribution is 7.20. The van der Waals surface area contributed by atoms with Crippen LogP contribution in [0.3, 0.4) is 0 Å². The van der Waals surface area contributed by atoms with Crippen molar-refractivity contribution in [2.24, 2.45) is 0 Å². The minimum atomic E-state index is -0.345. The van der Waals surface area contributed by atoms with E-state index in [4.69, 9.17) is 14.2 Å². The molecule has 4 aromatic rings. The fraction of sp³-hybridized carbons (Fsp3) is 0.304.